The van der Waals surface area contributed by atoms with Crippen molar-refractivity contribution in [2.45, 2.75) is 27.4 Å². The van der Waals surface area contributed by atoms with Crippen LogP contribution < -0.4 is 4.74 Å². The maximum Gasteiger partial charge on any atom is 0.137 e. The van der Waals surface area contributed by atoms with Gasteiger partial charge in [0, 0.05) is 5.56 Å². The van der Waals surface area contributed by atoms with E-state index in [9.17, 15) is 4.39 Å². The molecule has 19 heavy (non-hydrogen) atoms. The number of ether oxygens (including phenoxy) is 1. The SMILES string of the molecule is Cc1cc(C)c(C)c(OCc2cccc(F)c2Br)c1. The summed E-state index contributed by atoms with van der Waals surface area (Å²) in [6.07, 6.45) is 0. The van der Waals surface area contributed by atoms with E-state index in [0.29, 0.717) is 11.1 Å². The minimum Gasteiger partial charge on any atom is -0.489 e. The van der Waals surface area contributed by atoms with Gasteiger partial charge in [-0.1, -0.05) is 18.2 Å². The van der Waals surface area contributed by atoms with E-state index in [2.05, 4.69) is 28.9 Å². The van der Waals surface area contributed by atoms with Crippen LogP contribution in [-0.2, 0) is 6.61 Å². The summed E-state index contributed by atoms with van der Waals surface area (Å²) in [6, 6.07) is 9.10. The molecule has 0 aliphatic carbocycles. The van der Waals surface area contributed by atoms with E-state index in [1.54, 1.807) is 6.07 Å². The van der Waals surface area contributed by atoms with Crippen LogP contribution in [0.1, 0.15) is 22.3 Å². The van der Waals surface area contributed by atoms with Gasteiger partial charge in [-0.3, -0.25) is 0 Å². The molecule has 1 nitrogen and oxygen atoms in total. The second kappa shape index (κ2) is 5.74. The van der Waals surface area contributed by atoms with Gasteiger partial charge in [-0.25, -0.2) is 4.39 Å². The lowest BCUT2D eigenvalue weighted by Gasteiger charge is -2.13. The minimum atomic E-state index is -0.266. The molecule has 100 valence electrons. The average molecular weight is 323 g/mol. The smallest absolute Gasteiger partial charge is 0.137 e. The van der Waals surface area contributed by atoms with Crippen LogP contribution in [0.4, 0.5) is 4.39 Å². The molecule has 0 aromatic heterocycles. The molecule has 2 aromatic carbocycles. The first-order chi connectivity index (χ1) is 8.99. The third kappa shape index (κ3) is 3.16. The molecule has 0 fully saturated rings. The van der Waals surface area contributed by atoms with Crippen LogP contribution in [0.5, 0.6) is 5.75 Å². The summed E-state index contributed by atoms with van der Waals surface area (Å²) in [7, 11) is 0. The number of hydrogen-bond donors (Lipinski definition) is 0. The molecule has 0 aliphatic rings. The van der Waals surface area contributed by atoms with Crippen molar-refractivity contribution in [2.75, 3.05) is 0 Å². The van der Waals surface area contributed by atoms with Crippen LogP contribution in [-0.4, -0.2) is 0 Å². The van der Waals surface area contributed by atoms with Gasteiger partial charge in [0.2, 0.25) is 0 Å². The fraction of sp³-hybridized carbons (Fsp3) is 0.250. The van der Waals surface area contributed by atoms with Crippen LogP contribution >= 0.6 is 15.9 Å². The Labute approximate surface area is 121 Å². The third-order valence-corrected chi connectivity index (χ3v) is 4.07. The Balaban J connectivity index is 2.21. The molecular formula is C16H16BrFO. The first kappa shape index (κ1) is 14.1. The van der Waals surface area contributed by atoms with Crippen molar-refractivity contribution in [1.82, 2.24) is 0 Å². The van der Waals surface area contributed by atoms with Crippen molar-refractivity contribution >= 4 is 15.9 Å². The standard InChI is InChI=1S/C16H16BrFO/c1-10-7-11(2)12(3)15(8-10)19-9-13-5-4-6-14(18)16(13)17/h4-8H,9H2,1-3H3. The Morgan fingerprint density at radius 2 is 1.89 bits per heavy atom. The molecule has 0 saturated heterocycles. The summed E-state index contributed by atoms with van der Waals surface area (Å²) in [5, 5.41) is 0. The average Bonchev–Trinajstić information content (AvgIpc) is 2.36. The highest BCUT2D eigenvalue weighted by molar-refractivity contribution is 9.10. The summed E-state index contributed by atoms with van der Waals surface area (Å²) < 4.78 is 19.7. The molecule has 0 saturated carbocycles. The predicted octanol–water partition coefficient (Wildman–Crippen LogP) is 5.09. The first-order valence-corrected chi connectivity index (χ1v) is 6.92. The van der Waals surface area contributed by atoms with Crippen LogP contribution in [0.3, 0.4) is 0 Å². The maximum absolute atomic E-state index is 13.4. The first-order valence-electron chi connectivity index (χ1n) is 6.12. The van der Waals surface area contributed by atoms with Crippen LogP contribution in [0, 0.1) is 26.6 Å². The maximum atomic E-state index is 13.4. The Bertz CT molecular complexity index is 608. The molecule has 3 heteroatoms. The molecule has 0 aliphatic heterocycles. The van der Waals surface area contributed by atoms with E-state index in [-0.39, 0.29) is 5.82 Å². The van der Waals surface area contributed by atoms with Crippen LogP contribution in [0.2, 0.25) is 0 Å². The highest BCUT2D eigenvalue weighted by atomic mass is 79.9. The summed E-state index contributed by atoms with van der Waals surface area (Å²) in [4.78, 5) is 0. The van der Waals surface area contributed by atoms with Gasteiger partial charge in [-0.2, -0.15) is 0 Å². The minimum absolute atomic E-state index is 0.266. The Morgan fingerprint density at radius 3 is 2.63 bits per heavy atom. The Hall–Kier alpha value is -1.35. The molecule has 0 amide bonds. The summed E-state index contributed by atoms with van der Waals surface area (Å²) in [5.74, 6) is 0.590. The zero-order valence-electron chi connectivity index (χ0n) is 11.3. The normalized spacial score (nSPS) is 10.6. The number of aryl methyl sites for hydroxylation is 2. The van der Waals surface area contributed by atoms with Crippen molar-refractivity contribution in [1.29, 1.82) is 0 Å². The lowest BCUT2D eigenvalue weighted by molar-refractivity contribution is 0.302. The van der Waals surface area contributed by atoms with Crippen molar-refractivity contribution in [3.8, 4) is 5.75 Å². The van der Waals surface area contributed by atoms with Crippen molar-refractivity contribution in [3.63, 3.8) is 0 Å². The predicted molar refractivity (Wildman–Crippen MR) is 79.1 cm³/mol. The van der Waals surface area contributed by atoms with E-state index < -0.39 is 0 Å². The van der Waals surface area contributed by atoms with E-state index in [0.717, 1.165) is 22.4 Å². The summed E-state index contributed by atoms with van der Waals surface area (Å²) in [6.45, 7) is 6.48. The van der Waals surface area contributed by atoms with Gasteiger partial charge in [0.25, 0.3) is 0 Å². The van der Waals surface area contributed by atoms with E-state index in [1.165, 1.54) is 11.6 Å². The number of benzene rings is 2. The molecule has 0 bridgehead atoms. The fourth-order valence-electron chi connectivity index (χ4n) is 1.97. The van der Waals surface area contributed by atoms with E-state index in [4.69, 9.17) is 4.74 Å². The lowest BCUT2D eigenvalue weighted by atomic mass is 10.1. The Kier molecular flexibility index (Phi) is 4.25. The molecule has 2 aromatic rings. The van der Waals surface area contributed by atoms with Gasteiger partial charge >= 0.3 is 0 Å². The molecule has 0 heterocycles. The number of hydrogen-bond acceptors (Lipinski definition) is 1. The molecule has 0 atom stereocenters. The van der Waals surface area contributed by atoms with Gasteiger partial charge in [-0.15, -0.1) is 0 Å². The second-order valence-electron chi connectivity index (χ2n) is 4.71. The summed E-state index contributed by atoms with van der Waals surface area (Å²) in [5.41, 5.74) is 4.29. The van der Waals surface area contributed by atoms with Gasteiger partial charge in [0.15, 0.2) is 0 Å². The van der Waals surface area contributed by atoms with Crippen molar-refractivity contribution < 1.29 is 9.13 Å². The summed E-state index contributed by atoms with van der Waals surface area (Å²) >= 11 is 3.25. The molecule has 0 spiro atoms. The topological polar surface area (TPSA) is 9.23 Å². The largest absolute Gasteiger partial charge is 0.489 e. The monoisotopic (exact) mass is 322 g/mol. The second-order valence-corrected chi connectivity index (χ2v) is 5.50. The molecular weight excluding hydrogens is 307 g/mol. The quantitative estimate of drug-likeness (QED) is 0.764. The van der Waals surface area contributed by atoms with Gasteiger partial charge in [-0.05, 0) is 65.5 Å². The number of rotatable bonds is 3. The Morgan fingerprint density at radius 1 is 1.16 bits per heavy atom. The third-order valence-electron chi connectivity index (χ3n) is 3.18. The van der Waals surface area contributed by atoms with Crippen LogP contribution in [0.15, 0.2) is 34.8 Å². The van der Waals surface area contributed by atoms with Crippen LogP contribution in [0.25, 0.3) is 0 Å². The van der Waals surface area contributed by atoms with E-state index >= 15 is 0 Å². The van der Waals surface area contributed by atoms with Gasteiger partial charge in [0.05, 0.1) is 4.47 Å². The molecule has 0 N–H and O–H groups in total. The van der Waals surface area contributed by atoms with Gasteiger partial charge < -0.3 is 4.74 Å². The zero-order valence-corrected chi connectivity index (χ0v) is 12.8. The van der Waals surface area contributed by atoms with E-state index in [1.807, 2.05) is 26.0 Å². The van der Waals surface area contributed by atoms with Gasteiger partial charge in [0.1, 0.15) is 18.2 Å². The molecule has 2 rings (SSSR count). The highest BCUT2D eigenvalue weighted by Crippen LogP contribution is 2.26. The van der Waals surface area contributed by atoms with Crippen molar-refractivity contribution in [3.05, 3.63) is 62.9 Å². The lowest BCUT2D eigenvalue weighted by Crippen LogP contribution is -2.00. The van der Waals surface area contributed by atoms with Crippen molar-refractivity contribution in [2.24, 2.45) is 0 Å². The number of halogens is 2. The molecule has 0 radical (unpaired) electrons. The highest BCUT2D eigenvalue weighted by Gasteiger charge is 2.08. The fourth-order valence-corrected chi connectivity index (χ4v) is 2.34. The molecule has 0 unspecified atom stereocenters. The zero-order chi connectivity index (χ0) is 14.0.